The second kappa shape index (κ2) is 7.42. The minimum absolute atomic E-state index is 0.0952. The molecule has 0 aliphatic carbocycles. The monoisotopic (exact) mass is 431 g/mol. The number of ether oxygens (including phenoxy) is 1. The molecule has 29 heavy (non-hydrogen) atoms. The fraction of sp³-hybridized carbons (Fsp3) is 0.333. The Morgan fingerprint density at radius 1 is 1.21 bits per heavy atom. The Balaban J connectivity index is 1.47. The fourth-order valence-corrected chi connectivity index (χ4v) is 6.62. The number of carbonyl (C=O) groups excluding carboxylic acids is 2. The third kappa shape index (κ3) is 3.86. The molecule has 3 aromatic rings. The van der Waals surface area contributed by atoms with E-state index in [1.807, 2.05) is 35.8 Å². The van der Waals surface area contributed by atoms with Gasteiger partial charge in [0.1, 0.15) is 4.88 Å². The van der Waals surface area contributed by atoms with Crippen molar-refractivity contribution in [2.75, 3.05) is 18.1 Å². The number of Topliss-reactive ketones (excluding diaryl/α,β-unsaturated/α-hetero) is 1. The van der Waals surface area contributed by atoms with Crippen molar-refractivity contribution in [3.8, 4) is 0 Å². The maximum absolute atomic E-state index is 12.7. The highest BCUT2D eigenvalue weighted by Crippen LogP contribution is 2.29. The van der Waals surface area contributed by atoms with Gasteiger partial charge in [0, 0.05) is 27.7 Å². The molecule has 1 aliphatic heterocycles. The topological polar surface area (TPSA) is 82.4 Å². The van der Waals surface area contributed by atoms with Gasteiger partial charge in [-0.1, -0.05) is 18.2 Å². The van der Waals surface area contributed by atoms with E-state index >= 15 is 0 Å². The highest BCUT2D eigenvalue weighted by Gasteiger charge is 2.31. The fourth-order valence-electron chi connectivity index (χ4n) is 3.96. The molecule has 1 aromatic carbocycles. The molecule has 1 fully saturated rings. The lowest BCUT2D eigenvalue weighted by Crippen LogP contribution is -2.16. The van der Waals surface area contributed by atoms with Crippen molar-refractivity contribution in [2.45, 2.75) is 26.3 Å². The lowest BCUT2D eigenvalue weighted by molar-refractivity contribution is 0.0479. The van der Waals surface area contributed by atoms with E-state index in [0.29, 0.717) is 22.6 Å². The largest absolute Gasteiger partial charge is 0.453 e. The molecule has 1 saturated heterocycles. The predicted octanol–water partition coefficient (Wildman–Crippen LogP) is 3.72. The highest BCUT2D eigenvalue weighted by molar-refractivity contribution is 7.91. The summed E-state index contributed by atoms with van der Waals surface area (Å²) in [6, 6.07) is 11.0. The number of rotatable bonds is 5. The number of aromatic nitrogens is 1. The Hall–Kier alpha value is -2.45. The van der Waals surface area contributed by atoms with Crippen molar-refractivity contribution in [2.24, 2.45) is 0 Å². The van der Waals surface area contributed by atoms with E-state index in [1.165, 1.54) is 11.3 Å². The minimum atomic E-state index is -3.03. The Morgan fingerprint density at radius 3 is 2.66 bits per heavy atom. The van der Waals surface area contributed by atoms with Crippen molar-refractivity contribution in [1.29, 1.82) is 0 Å². The van der Waals surface area contributed by atoms with Gasteiger partial charge >= 0.3 is 5.97 Å². The van der Waals surface area contributed by atoms with Gasteiger partial charge in [-0.15, -0.1) is 11.3 Å². The molecule has 1 aliphatic rings. The predicted molar refractivity (Wildman–Crippen MR) is 113 cm³/mol. The summed E-state index contributed by atoms with van der Waals surface area (Å²) in [6.45, 7) is 3.32. The van der Waals surface area contributed by atoms with Crippen LogP contribution in [0.4, 0.5) is 0 Å². The average Bonchev–Trinajstić information content (AvgIpc) is 3.34. The van der Waals surface area contributed by atoms with Gasteiger partial charge in [0.2, 0.25) is 5.78 Å². The Bertz CT molecular complexity index is 1190. The number of ketones is 1. The van der Waals surface area contributed by atoms with Gasteiger partial charge in [-0.25, -0.2) is 13.2 Å². The number of thiophene rings is 1. The number of nitrogens with zero attached hydrogens (tertiary/aromatic N) is 1. The smallest absolute Gasteiger partial charge is 0.348 e. The van der Waals surface area contributed by atoms with E-state index < -0.39 is 15.8 Å². The van der Waals surface area contributed by atoms with Gasteiger partial charge in [0.25, 0.3) is 0 Å². The first-order valence-electron chi connectivity index (χ1n) is 9.33. The van der Waals surface area contributed by atoms with Gasteiger partial charge in [-0.05, 0) is 43.9 Å². The normalized spacial score (nSPS) is 18.2. The molecule has 8 heteroatoms. The molecule has 0 amide bonds. The quantitative estimate of drug-likeness (QED) is 0.454. The summed E-state index contributed by atoms with van der Waals surface area (Å²) >= 11 is 1.33. The summed E-state index contributed by atoms with van der Waals surface area (Å²) < 4.78 is 31.8. The van der Waals surface area contributed by atoms with Crippen LogP contribution < -0.4 is 0 Å². The Morgan fingerprint density at radius 2 is 1.97 bits per heavy atom. The van der Waals surface area contributed by atoms with Crippen LogP contribution in [0.1, 0.15) is 43.9 Å². The van der Waals surface area contributed by atoms with E-state index in [1.54, 1.807) is 19.1 Å². The molecule has 3 heterocycles. The van der Waals surface area contributed by atoms with Crippen molar-refractivity contribution in [3.05, 3.63) is 58.2 Å². The lowest BCUT2D eigenvalue weighted by Gasteiger charge is -2.16. The molecular weight excluding hydrogens is 410 g/mol. The summed E-state index contributed by atoms with van der Waals surface area (Å²) in [5.74, 6) is -0.544. The van der Waals surface area contributed by atoms with E-state index in [4.69, 9.17) is 4.74 Å². The number of hydrogen-bond donors (Lipinski definition) is 0. The second-order valence-electron chi connectivity index (χ2n) is 7.36. The van der Waals surface area contributed by atoms with E-state index in [2.05, 4.69) is 0 Å². The number of esters is 1. The molecular formula is C21H21NO5S2. The second-order valence-corrected chi connectivity index (χ2v) is 10.7. The van der Waals surface area contributed by atoms with Crippen LogP contribution in [0.3, 0.4) is 0 Å². The van der Waals surface area contributed by atoms with E-state index in [9.17, 15) is 18.0 Å². The zero-order chi connectivity index (χ0) is 20.8. The molecule has 0 saturated carbocycles. The molecule has 1 atom stereocenters. The van der Waals surface area contributed by atoms with Crippen LogP contribution >= 0.6 is 11.3 Å². The Labute approximate surface area is 173 Å². The summed E-state index contributed by atoms with van der Waals surface area (Å²) in [7, 11) is -3.03. The zero-order valence-electron chi connectivity index (χ0n) is 16.2. The number of carbonyl (C=O) groups is 2. The highest BCUT2D eigenvalue weighted by atomic mass is 32.2. The number of hydrogen-bond acceptors (Lipinski definition) is 6. The van der Waals surface area contributed by atoms with Crippen molar-refractivity contribution in [3.63, 3.8) is 0 Å². The maximum Gasteiger partial charge on any atom is 0.348 e. The van der Waals surface area contributed by atoms with Crippen LogP contribution in [0.25, 0.3) is 10.1 Å². The molecule has 152 valence electrons. The van der Waals surface area contributed by atoms with Gasteiger partial charge < -0.3 is 9.30 Å². The van der Waals surface area contributed by atoms with Crippen molar-refractivity contribution >= 4 is 43.0 Å². The van der Waals surface area contributed by atoms with Crippen LogP contribution in [-0.4, -0.2) is 42.9 Å². The Kier molecular flexibility index (Phi) is 5.08. The third-order valence-corrected chi connectivity index (χ3v) is 8.17. The minimum Gasteiger partial charge on any atom is -0.453 e. The van der Waals surface area contributed by atoms with E-state index in [0.717, 1.165) is 15.8 Å². The average molecular weight is 432 g/mol. The number of benzene rings is 1. The first-order chi connectivity index (χ1) is 13.7. The molecule has 2 aromatic heterocycles. The first-order valence-corrected chi connectivity index (χ1v) is 12.0. The molecule has 0 radical (unpaired) electrons. The molecule has 1 unspecified atom stereocenters. The van der Waals surface area contributed by atoms with Gasteiger partial charge in [-0.3, -0.25) is 4.79 Å². The number of aryl methyl sites for hydroxylation is 1. The number of fused-ring (bicyclic) bond motifs is 1. The van der Waals surface area contributed by atoms with Crippen LogP contribution in [0.2, 0.25) is 0 Å². The summed E-state index contributed by atoms with van der Waals surface area (Å²) in [5.41, 5.74) is 2.02. The zero-order valence-corrected chi connectivity index (χ0v) is 17.8. The van der Waals surface area contributed by atoms with Crippen LogP contribution in [0.15, 0.2) is 36.4 Å². The van der Waals surface area contributed by atoms with Gasteiger partial charge in [0.15, 0.2) is 16.4 Å². The summed E-state index contributed by atoms with van der Waals surface area (Å²) in [4.78, 5) is 25.5. The van der Waals surface area contributed by atoms with E-state index in [-0.39, 0.29) is 29.9 Å². The molecule has 0 N–H and O–H groups in total. The van der Waals surface area contributed by atoms with Crippen molar-refractivity contribution in [1.82, 2.24) is 4.57 Å². The van der Waals surface area contributed by atoms with Crippen molar-refractivity contribution < 1.29 is 22.7 Å². The number of sulfone groups is 1. The van der Waals surface area contributed by atoms with Crippen LogP contribution in [0.5, 0.6) is 0 Å². The van der Waals surface area contributed by atoms with Crippen LogP contribution in [-0.2, 0) is 14.6 Å². The molecule has 0 spiro atoms. The van der Waals surface area contributed by atoms with Gasteiger partial charge in [-0.2, -0.15) is 0 Å². The molecule has 4 rings (SSSR count). The summed E-state index contributed by atoms with van der Waals surface area (Å²) in [5, 5.41) is 0.964. The van der Waals surface area contributed by atoms with Crippen LogP contribution in [0, 0.1) is 13.8 Å². The van der Waals surface area contributed by atoms with Gasteiger partial charge in [0.05, 0.1) is 11.5 Å². The standard InChI is InChI=1S/C21H21NO5S2/c1-13-9-17(14(2)22(13)16-7-8-29(25,26)12-16)18(23)11-27-21(24)20-10-15-5-3-4-6-19(15)28-20/h3-6,9-10,16H,7-8,11-12H2,1-2H3. The molecule has 0 bridgehead atoms. The molecule has 6 nitrogen and oxygen atoms in total. The first kappa shape index (κ1) is 19.8. The summed E-state index contributed by atoms with van der Waals surface area (Å²) in [6.07, 6.45) is 0.549. The maximum atomic E-state index is 12.7. The lowest BCUT2D eigenvalue weighted by atomic mass is 10.1. The SMILES string of the molecule is Cc1cc(C(=O)COC(=O)c2cc3ccccc3s2)c(C)n1C1CCS(=O)(=O)C1. The third-order valence-electron chi connectivity index (χ3n) is 5.32.